The first-order valence-electron chi connectivity index (χ1n) is 8.24. The lowest BCUT2D eigenvalue weighted by Gasteiger charge is -2.33. The van der Waals surface area contributed by atoms with Gasteiger partial charge in [0.25, 0.3) is 0 Å². The van der Waals surface area contributed by atoms with Crippen LogP contribution in [-0.2, 0) is 4.74 Å². The number of hydrogen-bond donors (Lipinski definition) is 0. The van der Waals surface area contributed by atoms with Crippen LogP contribution in [0.15, 0.2) is 54.6 Å². The molecule has 1 fully saturated rings. The molecule has 1 saturated heterocycles. The lowest BCUT2D eigenvalue weighted by molar-refractivity contribution is 0.0220. The molecule has 0 saturated carbocycles. The van der Waals surface area contributed by atoms with Gasteiger partial charge in [0.05, 0.1) is 24.9 Å². The molecule has 0 spiro atoms. The van der Waals surface area contributed by atoms with Crippen LogP contribution in [0.3, 0.4) is 0 Å². The van der Waals surface area contributed by atoms with Crippen LogP contribution in [0.1, 0.15) is 17.4 Å². The van der Waals surface area contributed by atoms with Crippen LogP contribution >= 0.6 is 11.6 Å². The average molecular weight is 356 g/mol. The zero-order valence-corrected chi connectivity index (χ0v) is 14.4. The predicted octanol–water partition coefficient (Wildman–Crippen LogP) is 2.74. The number of rotatable bonds is 4. The highest BCUT2D eigenvalue weighted by molar-refractivity contribution is 6.30. The molecule has 2 heterocycles. The largest absolute Gasteiger partial charge is 0.379 e. The summed E-state index contributed by atoms with van der Waals surface area (Å²) in [5.74, 6) is 0.787. The maximum Gasteiger partial charge on any atom is 0.178 e. The number of halogens is 1. The van der Waals surface area contributed by atoms with Gasteiger partial charge < -0.3 is 4.74 Å². The van der Waals surface area contributed by atoms with Gasteiger partial charge in [-0.05, 0) is 40.3 Å². The lowest BCUT2D eigenvalue weighted by Crippen LogP contribution is -2.40. The van der Waals surface area contributed by atoms with Crippen LogP contribution in [-0.4, -0.2) is 51.4 Å². The highest BCUT2D eigenvalue weighted by Gasteiger charge is 2.29. The van der Waals surface area contributed by atoms with Crippen LogP contribution in [0.25, 0.3) is 5.69 Å². The molecule has 0 N–H and O–H groups in total. The van der Waals surface area contributed by atoms with E-state index in [1.165, 1.54) is 0 Å². The van der Waals surface area contributed by atoms with Crippen LogP contribution in [0.2, 0.25) is 5.02 Å². The van der Waals surface area contributed by atoms with Crippen molar-refractivity contribution in [2.75, 3.05) is 26.3 Å². The third-order valence-electron chi connectivity index (χ3n) is 4.34. The van der Waals surface area contributed by atoms with E-state index in [-0.39, 0.29) is 6.04 Å². The molecule has 25 heavy (non-hydrogen) atoms. The zero-order valence-electron chi connectivity index (χ0n) is 13.6. The Morgan fingerprint density at radius 3 is 2.40 bits per heavy atom. The van der Waals surface area contributed by atoms with E-state index >= 15 is 0 Å². The van der Waals surface area contributed by atoms with Crippen molar-refractivity contribution in [2.24, 2.45) is 0 Å². The predicted molar refractivity (Wildman–Crippen MR) is 94.8 cm³/mol. The summed E-state index contributed by atoms with van der Waals surface area (Å²) in [4.78, 5) is 2.35. The molecule has 1 aliphatic rings. The van der Waals surface area contributed by atoms with E-state index in [2.05, 4.69) is 20.4 Å². The summed E-state index contributed by atoms with van der Waals surface area (Å²) in [6.45, 7) is 3.07. The molecule has 128 valence electrons. The maximum absolute atomic E-state index is 6.08. The van der Waals surface area contributed by atoms with Gasteiger partial charge in [-0.3, -0.25) is 4.90 Å². The fourth-order valence-electron chi connectivity index (χ4n) is 3.12. The fraction of sp³-hybridized carbons (Fsp3) is 0.278. The van der Waals surface area contributed by atoms with Crippen molar-refractivity contribution >= 4 is 11.6 Å². The number of benzene rings is 2. The second-order valence-corrected chi connectivity index (χ2v) is 6.32. The molecule has 1 unspecified atom stereocenters. The Morgan fingerprint density at radius 1 is 0.960 bits per heavy atom. The van der Waals surface area contributed by atoms with E-state index in [4.69, 9.17) is 16.3 Å². The van der Waals surface area contributed by atoms with Crippen LogP contribution in [0.4, 0.5) is 0 Å². The van der Waals surface area contributed by atoms with Crippen molar-refractivity contribution in [1.29, 1.82) is 0 Å². The highest BCUT2D eigenvalue weighted by atomic mass is 35.5. The molecular weight excluding hydrogens is 338 g/mol. The molecule has 3 aromatic rings. The number of morpholine rings is 1. The minimum atomic E-state index is -0.0589. The average Bonchev–Trinajstić information content (AvgIpc) is 3.14. The molecule has 0 amide bonds. The Balaban J connectivity index is 1.79. The third-order valence-corrected chi connectivity index (χ3v) is 4.59. The molecule has 1 aliphatic heterocycles. The monoisotopic (exact) mass is 355 g/mol. The van der Waals surface area contributed by atoms with E-state index in [9.17, 15) is 0 Å². The molecule has 0 bridgehead atoms. The Kier molecular flexibility index (Phi) is 4.74. The van der Waals surface area contributed by atoms with Gasteiger partial charge in [0.1, 0.15) is 0 Å². The van der Waals surface area contributed by atoms with Gasteiger partial charge in [0.2, 0.25) is 0 Å². The van der Waals surface area contributed by atoms with Gasteiger partial charge in [-0.1, -0.05) is 41.9 Å². The molecule has 1 atom stereocenters. The normalized spacial score (nSPS) is 16.7. The fourth-order valence-corrected chi connectivity index (χ4v) is 3.25. The van der Waals surface area contributed by atoms with Gasteiger partial charge in [-0.15, -0.1) is 5.10 Å². The summed E-state index contributed by atoms with van der Waals surface area (Å²) in [7, 11) is 0. The van der Waals surface area contributed by atoms with Gasteiger partial charge in [0.15, 0.2) is 5.82 Å². The lowest BCUT2D eigenvalue weighted by atomic mass is 10.0. The van der Waals surface area contributed by atoms with Crippen molar-refractivity contribution in [3.63, 3.8) is 0 Å². The summed E-state index contributed by atoms with van der Waals surface area (Å²) in [5.41, 5.74) is 2.05. The summed E-state index contributed by atoms with van der Waals surface area (Å²) in [6.07, 6.45) is 0. The smallest absolute Gasteiger partial charge is 0.178 e. The van der Waals surface area contributed by atoms with Crippen molar-refractivity contribution in [3.05, 3.63) is 71.0 Å². The molecule has 7 heteroatoms. The first-order chi connectivity index (χ1) is 12.3. The summed E-state index contributed by atoms with van der Waals surface area (Å²) in [6, 6.07) is 17.7. The quantitative estimate of drug-likeness (QED) is 0.720. The number of aromatic nitrogens is 4. The number of hydrogen-bond acceptors (Lipinski definition) is 5. The van der Waals surface area contributed by atoms with Crippen LogP contribution in [0.5, 0.6) is 0 Å². The molecule has 4 rings (SSSR count). The van der Waals surface area contributed by atoms with E-state index in [1.54, 1.807) is 4.68 Å². The number of para-hydroxylation sites is 1. The van der Waals surface area contributed by atoms with Gasteiger partial charge in [-0.2, -0.15) is 4.68 Å². The second kappa shape index (κ2) is 7.31. The first kappa shape index (κ1) is 16.2. The first-order valence-corrected chi connectivity index (χ1v) is 8.62. The van der Waals surface area contributed by atoms with Crippen molar-refractivity contribution in [3.8, 4) is 5.69 Å². The summed E-state index contributed by atoms with van der Waals surface area (Å²) < 4.78 is 7.32. The minimum Gasteiger partial charge on any atom is -0.379 e. The topological polar surface area (TPSA) is 56.1 Å². The van der Waals surface area contributed by atoms with Crippen LogP contribution < -0.4 is 0 Å². The SMILES string of the molecule is Clc1ccc(C(c2nnnn2-c2ccccc2)N2CCOCC2)cc1. The van der Waals surface area contributed by atoms with E-state index in [0.29, 0.717) is 18.2 Å². The van der Waals surface area contributed by atoms with E-state index < -0.39 is 0 Å². The van der Waals surface area contributed by atoms with Crippen molar-refractivity contribution in [1.82, 2.24) is 25.1 Å². The van der Waals surface area contributed by atoms with Gasteiger partial charge >= 0.3 is 0 Å². The molecule has 0 radical (unpaired) electrons. The molecule has 2 aromatic carbocycles. The van der Waals surface area contributed by atoms with Crippen molar-refractivity contribution < 1.29 is 4.74 Å². The van der Waals surface area contributed by atoms with Gasteiger partial charge in [0, 0.05) is 18.1 Å². The molecular formula is C18H18ClN5O. The molecule has 1 aromatic heterocycles. The highest BCUT2D eigenvalue weighted by Crippen LogP contribution is 2.29. The zero-order chi connectivity index (χ0) is 17.1. The van der Waals surface area contributed by atoms with Crippen molar-refractivity contribution in [2.45, 2.75) is 6.04 Å². The molecule has 0 aliphatic carbocycles. The minimum absolute atomic E-state index is 0.0589. The number of tetrazole rings is 1. The number of ether oxygens (including phenoxy) is 1. The summed E-state index contributed by atoms with van der Waals surface area (Å²) in [5, 5.41) is 13.2. The maximum atomic E-state index is 6.08. The Morgan fingerprint density at radius 2 is 1.68 bits per heavy atom. The van der Waals surface area contributed by atoms with E-state index in [1.807, 2.05) is 54.6 Å². The third kappa shape index (κ3) is 3.42. The second-order valence-electron chi connectivity index (χ2n) is 5.89. The van der Waals surface area contributed by atoms with Gasteiger partial charge in [-0.25, -0.2) is 0 Å². The van der Waals surface area contributed by atoms with Crippen LogP contribution in [0, 0.1) is 0 Å². The Bertz CT molecular complexity index is 815. The molecule has 6 nitrogen and oxygen atoms in total. The Labute approximate surface area is 151 Å². The standard InChI is InChI=1S/C18H18ClN5O/c19-15-8-6-14(7-9-15)17(23-10-12-25-13-11-23)18-20-21-22-24(18)16-4-2-1-3-5-16/h1-9,17H,10-13H2. The Hall–Kier alpha value is -2.28. The summed E-state index contributed by atoms with van der Waals surface area (Å²) >= 11 is 6.08. The number of nitrogens with zero attached hydrogens (tertiary/aromatic N) is 5. The van der Waals surface area contributed by atoms with E-state index in [0.717, 1.165) is 30.2 Å².